The van der Waals surface area contributed by atoms with Gasteiger partial charge in [0.25, 0.3) is 5.56 Å². The highest BCUT2D eigenvalue weighted by atomic mass is 16.5. The summed E-state index contributed by atoms with van der Waals surface area (Å²) in [7, 11) is 3.37. The zero-order valence-corrected chi connectivity index (χ0v) is 16.6. The lowest BCUT2D eigenvalue weighted by Crippen LogP contribution is -2.20. The maximum atomic E-state index is 13.2. The molecular formula is C23H22N2O4. The van der Waals surface area contributed by atoms with E-state index in [1.807, 2.05) is 53.1 Å². The van der Waals surface area contributed by atoms with Gasteiger partial charge in [0.1, 0.15) is 11.3 Å². The molecule has 0 amide bonds. The minimum absolute atomic E-state index is 0.150. The molecule has 0 aliphatic carbocycles. The van der Waals surface area contributed by atoms with E-state index in [4.69, 9.17) is 9.47 Å². The van der Waals surface area contributed by atoms with Gasteiger partial charge in [-0.25, -0.2) is 4.79 Å². The van der Waals surface area contributed by atoms with E-state index in [1.165, 1.54) is 0 Å². The van der Waals surface area contributed by atoms with Crippen molar-refractivity contribution >= 4 is 27.8 Å². The van der Waals surface area contributed by atoms with Crippen molar-refractivity contribution in [1.29, 1.82) is 0 Å². The van der Waals surface area contributed by atoms with Crippen LogP contribution in [0.25, 0.3) is 21.8 Å². The minimum atomic E-state index is -0.426. The first-order valence-electron chi connectivity index (χ1n) is 9.45. The predicted octanol–water partition coefficient (Wildman–Crippen LogP) is 3.73. The van der Waals surface area contributed by atoms with Crippen LogP contribution in [0.3, 0.4) is 0 Å². The van der Waals surface area contributed by atoms with Gasteiger partial charge in [-0.2, -0.15) is 0 Å². The SMILES string of the molecule is CCOC(=O)c1cn(Cc2ccc(OC)cc2)c2c(=O)n(C)c3ccccc3c12. The molecule has 0 N–H and O–H groups in total. The van der Waals surface area contributed by atoms with Crippen LogP contribution in [-0.4, -0.2) is 28.8 Å². The molecular weight excluding hydrogens is 368 g/mol. The fraction of sp³-hybridized carbons (Fsp3) is 0.217. The van der Waals surface area contributed by atoms with Crippen LogP contribution < -0.4 is 10.3 Å². The van der Waals surface area contributed by atoms with Crippen LogP contribution in [0.4, 0.5) is 0 Å². The second kappa shape index (κ2) is 7.47. The zero-order chi connectivity index (χ0) is 20.5. The Morgan fingerprint density at radius 3 is 2.48 bits per heavy atom. The highest BCUT2D eigenvalue weighted by molar-refractivity contribution is 6.15. The Bertz CT molecular complexity index is 1270. The first-order valence-corrected chi connectivity index (χ1v) is 9.45. The van der Waals surface area contributed by atoms with Gasteiger partial charge in [0.2, 0.25) is 0 Å². The third-order valence-corrected chi connectivity index (χ3v) is 5.13. The number of rotatable bonds is 5. The van der Waals surface area contributed by atoms with Gasteiger partial charge < -0.3 is 18.6 Å². The standard InChI is InChI=1S/C23H22N2O4/c1-4-29-23(27)18-14-25(13-15-9-11-16(28-3)12-10-15)21-20(18)17-7-5-6-8-19(17)24(2)22(21)26/h5-12,14H,4,13H2,1-3H3. The normalized spacial score (nSPS) is 11.1. The molecule has 2 aromatic heterocycles. The van der Waals surface area contributed by atoms with E-state index in [-0.39, 0.29) is 12.2 Å². The predicted molar refractivity (Wildman–Crippen MR) is 113 cm³/mol. The van der Waals surface area contributed by atoms with Gasteiger partial charge in [0.05, 0.1) is 24.8 Å². The number of carbonyl (C=O) groups is 1. The van der Waals surface area contributed by atoms with Crippen LogP contribution in [0, 0.1) is 0 Å². The molecule has 0 bridgehead atoms. The van der Waals surface area contributed by atoms with E-state index in [0.29, 0.717) is 23.0 Å². The number of benzene rings is 2. The van der Waals surface area contributed by atoms with Crippen molar-refractivity contribution < 1.29 is 14.3 Å². The highest BCUT2D eigenvalue weighted by Crippen LogP contribution is 2.29. The molecule has 29 heavy (non-hydrogen) atoms. The van der Waals surface area contributed by atoms with E-state index >= 15 is 0 Å². The molecule has 0 aliphatic rings. The number of ether oxygens (including phenoxy) is 2. The van der Waals surface area contributed by atoms with Crippen LogP contribution >= 0.6 is 0 Å². The number of esters is 1. The van der Waals surface area contributed by atoms with Gasteiger partial charge in [-0.05, 0) is 30.7 Å². The van der Waals surface area contributed by atoms with E-state index in [0.717, 1.165) is 22.2 Å². The molecule has 6 nitrogen and oxygen atoms in total. The summed E-state index contributed by atoms with van der Waals surface area (Å²) in [6.07, 6.45) is 1.72. The summed E-state index contributed by atoms with van der Waals surface area (Å²) in [4.78, 5) is 25.9. The fourth-order valence-electron chi connectivity index (χ4n) is 3.72. The van der Waals surface area contributed by atoms with E-state index in [9.17, 15) is 9.59 Å². The number of fused-ring (bicyclic) bond motifs is 3. The summed E-state index contributed by atoms with van der Waals surface area (Å²) in [5.74, 6) is 0.338. The van der Waals surface area contributed by atoms with E-state index in [1.54, 1.807) is 31.8 Å². The Hall–Kier alpha value is -3.54. The number of aromatic nitrogens is 2. The molecule has 0 unspecified atom stereocenters. The van der Waals surface area contributed by atoms with E-state index < -0.39 is 5.97 Å². The molecule has 6 heteroatoms. The van der Waals surface area contributed by atoms with Gasteiger partial charge in [-0.1, -0.05) is 30.3 Å². The Morgan fingerprint density at radius 1 is 1.07 bits per heavy atom. The van der Waals surface area contributed by atoms with Crippen molar-refractivity contribution in [2.75, 3.05) is 13.7 Å². The van der Waals surface area contributed by atoms with Crippen molar-refractivity contribution in [2.45, 2.75) is 13.5 Å². The number of methoxy groups -OCH3 is 1. The van der Waals surface area contributed by atoms with Crippen molar-refractivity contribution in [3.8, 4) is 5.75 Å². The first-order chi connectivity index (χ1) is 14.0. The zero-order valence-electron chi connectivity index (χ0n) is 16.6. The Kier molecular flexibility index (Phi) is 4.84. The lowest BCUT2D eigenvalue weighted by atomic mass is 10.1. The topological polar surface area (TPSA) is 62.5 Å². The van der Waals surface area contributed by atoms with Gasteiger partial charge >= 0.3 is 5.97 Å². The molecule has 0 fully saturated rings. The number of hydrogen-bond acceptors (Lipinski definition) is 4. The molecule has 0 saturated carbocycles. The van der Waals surface area contributed by atoms with E-state index in [2.05, 4.69) is 0 Å². The largest absolute Gasteiger partial charge is 0.497 e. The van der Waals surface area contributed by atoms with Gasteiger partial charge in [-0.3, -0.25) is 4.79 Å². The quantitative estimate of drug-likeness (QED) is 0.487. The molecule has 0 saturated heterocycles. The molecule has 0 atom stereocenters. The lowest BCUT2D eigenvalue weighted by Gasteiger charge is -2.10. The van der Waals surface area contributed by atoms with Crippen molar-refractivity contribution in [2.24, 2.45) is 7.05 Å². The number of nitrogens with zero attached hydrogens (tertiary/aromatic N) is 2. The molecule has 2 heterocycles. The Morgan fingerprint density at radius 2 is 1.79 bits per heavy atom. The molecule has 0 radical (unpaired) electrons. The summed E-state index contributed by atoms with van der Waals surface area (Å²) in [5, 5.41) is 1.48. The summed E-state index contributed by atoms with van der Waals surface area (Å²) < 4.78 is 13.9. The average Bonchev–Trinajstić information content (AvgIpc) is 3.12. The minimum Gasteiger partial charge on any atom is -0.497 e. The summed E-state index contributed by atoms with van der Waals surface area (Å²) in [5.41, 5.74) is 2.52. The Balaban J connectivity index is 1.99. The fourth-order valence-corrected chi connectivity index (χ4v) is 3.72. The first kappa shape index (κ1) is 18.8. The number of pyridine rings is 1. The van der Waals surface area contributed by atoms with Gasteiger partial charge in [-0.15, -0.1) is 0 Å². The maximum absolute atomic E-state index is 13.2. The van der Waals surface area contributed by atoms with Gasteiger partial charge in [0, 0.05) is 30.6 Å². The summed E-state index contributed by atoms with van der Waals surface area (Å²) in [6.45, 7) is 2.49. The molecule has 4 rings (SSSR count). The summed E-state index contributed by atoms with van der Waals surface area (Å²) >= 11 is 0. The third-order valence-electron chi connectivity index (χ3n) is 5.13. The number of carbonyl (C=O) groups excluding carboxylic acids is 1. The van der Waals surface area contributed by atoms with Crippen LogP contribution in [0.15, 0.2) is 59.5 Å². The van der Waals surface area contributed by atoms with Crippen molar-refractivity contribution in [1.82, 2.24) is 9.13 Å². The molecule has 0 aliphatic heterocycles. The average molecular weight is 390 g/mol. The molecule has 148 valence electrons. The highest BCUT2D eigenvalue weighted by Gasteiger charge is 2.22. The lowest BCUT2D eigenvalue weighted by molar-refractivity contribution is 0.0528. The Labute approximate surface area is 167 Å². The van der Waals surface area contributed by atoms with Crippen molar-refractivity contribution in [3.05, 3.63) is 76.2 Å². The monoisotopic (exact) mass is 390 g/mol. The van der Waals surface area contributed by atoms with Crippen LogP contribution in [0.5, 0.6) is 5.75 Å². The second-order valence-corrected chi connectivity index (χ2v) is 6.84. The number of hydrogen-bond donors (Lipinski definition) is 0. The molecule has 4 aromatic rings. The van der Waals surface area contributed by atoms with Crippen LogP contribution in [-0.2, 0) is 18.3 Å². The smallest absolute Gasteiger partial charge is 0.340 e. The maximum Gasteiger partial charge on any atom is 0.340 e. The number of aryl methyl sites for hydroxylation is 1. The van der Waals surface area contributed by atoms with Crippen LogP contribution in [0.1, 0.15) is 22.8 Å². The third kappa shape index (κ3) is 3.16. The molecule has 2 aromatic carbocycles. The molecule has 0 spiro atoms. The second-order valence-electron chi connectivity index (χ2n) is 6.84. The van der Waals surface area contributed by atoms with Gasteiger partial charge in [0.15, 0.2) is 0 Å². The van der Waals surface area contributed by atoms with Crippen molar-refractivity contribution in [3.63, 3.8) is 0 Å². The van der Waals surface area contributed by atoms with Crippen LogP contribution in [0.2, 0.25) is 0 Å². The number of para-hydroxylation sites is 1. The summed E-state index contributed by atoms with van der Waals surface area (Å²) in [6, 6.07) is 15.2.